The minimum absolute atomic E-state index is 0.0805. The highest BCUT2D eigenvalue weighted by atomic mass is 79.9. The van der Waals surface area contributed by atoms with Crippen molar-refractivity contribution in [3.05, 3.63) is 46.4 Å². The molecule has 0 aliphatic rings. The highest BCUT2D eigenvalue weighted by Crippen LogP contribution is 2.33. The Hall–Kier alpha value is -2.26. The molecule has 0 aliphatic carbocycles. The van der Waals surface area contributed by atoms with Crippen LogP contribution in [0.25, 0.3) is 0 Å². The van der Waals surface area contributed by atoms with Gasteiger partial charge >= 0.3 is 0 Å². The minimum atomic E-state index is -3.79. The van der Waals surface area contributed by atoms with E-state index in [-0.39, 0.29) is 4.90 Å². The van der Waals surface area contributed by atoms with Gasteiger partial charge in [-0.05, 0) is 43.3 Å². The number of benzene rings is 2. The standard InChI is InChI=1S/C17H19BrN2O5S/c1-4-25-14-5-7-15(8-6-14)26(21,22)20-19-11-12-9-13(18)10-16(23-2)17(12)24-3/h5-11,20H,4H2,1-3H3/b19-11+. The van der Waals surface area contributed by atoms with E-state index in [0.717, 1.165) is 4.47 Å². The molecule has 0 bridgehead atoms. The zero-order chi connectivity index (χ0) is 19.2. The van der Waals surface area contributed by atoms with E-state index in [4.69, 9.17) is 14.2 Å². The summed E-state index contributed by atoms with van der Waals surface area (Å²) in [6, 6.07) is 9.54. The average Bonchev–Trinajstić information content (AvgIpc) is 2.62. The van der Waals surface area contributed by atoms with Crippen LogP contribution in [0.15, 0.2) is 50.9 Å². The maximum absolute atomic E-state index is 12.3. The molecule has 0 fully saturated rings. The molecule has 0 atom stereocenters. The number of hydrogen-bond donors (Lipinski definition) is 1. The average molecular weight is 443 g/mol. The number of nitrogens with one attached hydrogen (secondary N) is 1. The van der Waals surface area contributed by atoms with Crippen molar-refractivity contribution in [3.8, 4) is 17.2 Å². The van der Waals surface area contributed by atoms with E-state index in [1.54, 1.807) is 24.3 Å². The molecule has 2 rings (SSSR count). The predicted octanol–water partition coefficient (Wildman–Crippen LogP) is 3.18. The molecule has 0 unspecified atom stereocenters. The number of sulfonamides is 1. The van der Waals surface area contributed by atoms with Crippen molar-refractivity contribution in [2.75, 3.05) is 20.8 Å². The lowest BCUT2D eigenvalue weighted by Gasteiger charge is -2.11. The van der Waals surface area contributed by atoms with Gasteiger partial charge in [-0.15, -0.1) is 0 Å². The lowest BCUT2D eigenvalue weighted by Crippen LogP contribution is -2.18. The normalized spacial score (nSPS) is 11.4. The molecule has 2 aromatic carbocycles. The monoisotopic (exact) mass is 442 g/mol. The minimum Gasteiger partial charge on any atom is -0.494 e. The van der Waals surface area contributed by atoms with E-state index in [9.17, 15) is 8.42 Å². The van der Waals surface area contributed by atoms with Crippen LogP contribution in [0.5, 0.6) is 17.2 Å². The van der Waals surface area contributed by atoms with E-state index < -0.39 is 10.0 Å². The summed E-state index contributed by atoms with van der Waals surface area (Å²) in [4.78, 5) is 2.25. The van der Waals surface area contributed by atoms with Crippen LogP contribution in [0.4, 0.5) is 0 Å². The van der Waals surface area contributed by atoms with Gasteiger partial charge in [0.25, 0.3) is 10.0 Å². The fourth-order valence-corrected chi connectivity index (χ4v) is 3.40. The summed E-state index contributed by atoms with van der Waals surface area (Å²) >= 11 is 3.36. The van der Waals surface area contributed by atoms with Gasteiger partial charge in [-0.3, -0.25) is 0 Å². The van der Waals surface area contributed by atoms with Gasteiger partial charge in [-0.2, -0.15) is 13.5 Å². The number of halogens is 1. The first-order chi connectivity index (χ1) is 12.4. The van der Waals surface area contributed by atoms with Gasteiger partial charge in [0, 0.05) is 10.0 Å². The largest absolute Gasteiger partial charge is 0.494 e. The fourth-order valence-electron chi connectivity index (χ4n) is 2.15. The summed E-state index contributed by atoms with van der Waals surface area (Å²) in [5, 5.41) is 3.82. The highest BCUT2D eigenvalue weighted by Gasteiger charge is 2.14. The van der Waals surface area contributed by atoms with E-state index in [2.05, 4.69) is 25.9 Å². The Balaban J connectivity index is 2.20. The molecule has 0 amide bonds. The van der Waals surface area contributed by atoms with Crippen molar-refractivity contribution in [2.24, 2.45) is 5.10 Å². The summed E-state index contributed by atoms with van der Waals surface area (Å²) < 4.78 is 41.2. The van der Waals surface area contributed by atoms with Crippen LogP contribution >= 0.6 is 15.9 Å². The first-order valence-electron chi connectivity index (χ1n) is 7.60. The van der Waals surface area contributed by atoms with Gasteiger partial charge in [0.15, 0.2) is 11.5 Å². The Morgan fingerprint density at radius 2 is 1.85 bits per heavy atom. The van der Waals surface area contributed by atoms with E-state index in [1.165, 1.54) is 32.6 Å². The van der Waals surface area contributed by atoms with Crippen molar-refractivity contribution in [3.63, 3.8) is 0 Å². The Bertz CT molecular complexity index is 883. The molecule has 0 heterocycles. The van der Waals surface area contributed by atoms with Crippen molar-refractivity contribution in [1.29, 1.82) is 0 Å². The third kappa shape index (κ3) is 4.89. The second-order valence-corrected chi connectivity index (χ2v) is 7.56. The third-order valence-corrected chi connectivity index (χ3v) is 4.99. The molecule has 0 saturated heterocycles. The fraction of sp³-hybridized carbons (Fsp3) is 0.235. The Morgan fingerprint density at radius 1 is 1.15 bits per heavy atom. The van der Waals surface area contributed by atoms with Gasteiger partial charge in [0.1, 0.15) is 5.75 Å². The number of hydrazone groups is 1. The molecule has 0 aliphatic heterocycles. The molecule has 0 aromatic heterocycles. The van der Waals surface area contributed by atoms with Crippen LogP contribution in [0.3, 0.4) is 0 Å². The summed E-state index contributed by atoms with van der Waals surface area (Å²) in [5.74, 6) is 1.54. The van der Waals surface area contributed by atoms with E-state index in [0.29, 0.717) is 29.4 Å². The molecular formula is C17H19BrN2O5S. The van der Waals surface area contributed by atoms with E-state index in [1.807, 2.05) is 6.92 Å². The third-order valence-electron chi connectivity index (χ3n) is 3.29. The SMILES string of the molecule is CCOc1ccc(S(=O)(=O)N/N=C/c2cc(Br)cc(OC)c2OC)cc1. The van der Waals surface area contributed by atoms with Gasteiger partial charge in [0.2, 0.25) is 0 Å². The maximum atomic E-state index is 12.3. The van der Waals surface area contributed by atoms with Crippen LogP contribution < -0.4 is 19.0 Å². The second-order valence-electron chi connectivity index (χ2n) is 4.99. The molecule has 2 aromatic rings. The zero-order valence-corrected chi connectivity index (χ0v) is 16.9. The van der Waals surface area contributed by atoms with Crippen LogP contribution in [0.2, 0.25) is 0 Å². The molecule has 0 radical (unpaired) electrons. The molecule has 9 heteroatoms. The second kappa shape index (κ2) is 8.91. The Morgan fingerprint density at radius 3 is 2.42 bits per heavy atom. The van der Waals surface area contributed by atoms with Crippen LogP contribution in [0, 0.1) is 0 Å². The number of hydrogen-bond acceptors (Lipinski definition) is 6. The maximum Gasteiger partial charge on any atom is 0.276 e. The smallest absolute Gasteiger partial charge is 0.276 e. The molecule has 0 spiro atoms. The first kappa shape index (κ1) is 20.1. The van der Waals surface area contributed by atoms with Gasteiger partial charge < -0.3 is 14.2 Å². The van der Waals surface area contributed by atoms with Crippen molar-refractivity contribution >= 4 is 32.2 Å². The molecule has 7 nitrogen and oxygen atoms in total. The lowest BCUT2D eigenvalue weighted by atomic mass is 10.2. The van der Waals surface area contributed by atoms with Gasteiger partial charge in [0.05, 0.1) is 31.9 Å². The molecule has 26 heavy (non-hydrogen) atoms. The summed E-state index contributed by atoms with van der Waals surface area (Å²) in [6.45, 7) is 2.36. The lowest BCUT2D eigenvalue weighted by molar-refractivity contribution is 0.340. The van der Waals surface area contributed by atoms with Crippen LogP contribution in [0.1, 0.15) is 12.5 Å². The van der Waals surface area contributed by atoms with Crippen LogP contribution in [-0.4, -0.2) is 35.5 Å². The highest BCUT2D eigenvalue weighted by molar-refractivity contribution is 9.10. The van der Waals surface area contributed by atoms with Gasteiger partial charge in [-0.25, -0.2) is 4.83 Å². The molecule has 0 saturated carbocycles. The summed E-state index contributed by atoms with van der Waals surface area (Å²) in [5.41, 5.74) is 0.549. The number of rotatable bonds is 8. The topological polar surface area (TPSA) is 86.2 Å². The zero-order valence-electron chi connectivity index (χ0n) is 14.5. The molecular weight excluding hydrogens is 424 g/mol. The van der Waals surface area contributed by atoms with Gasteiger partial charge in [-0.1, -0.05) is 15.9 Å². The van der Waals surface area contributed by atoms with Crippen molar-refractivity contribution < 1.29 is 22.6 Å². The Labute approximate surface area is 161 Å². The van der Waals surface area contributed by atoms with E-state index >= 15 is 0 Å². The number of nitrogens with zero attached hydrogens (tertiary/aromatic N) is 1. The van der Waals surface area contributed by atoms with Crippen molar-refractivity contribution in [2.45, 2.75) is 11.8 Å². The predicted molar refractivity (Wildman–Crippen MR) is 103 cm³/mol. The van der Waals surface area contributed by atoms with Crippen LogP contribution in [-0.2, 0) is 10.0 Å². The quantitative estimate of drug-likeness (QED) is 0.501. The van der Waals surface area contributed by atoms with Crippen molar-refractivity contribution in [1.82, 2.24) is 4.83 Å². The summed E-state index contributed by atoms with van der Waals surface area (Å²) in [6.07, 6.45) is 1.35. The number of methoxy groups -OCH3 is 2. The first-order valence-corrected chi connectivity index (χ1v) is 9.88. The molecule has 140 valence electrons. The Kier molecular flexibility index (Phi) is 6.87. The summed E-state index contributed by atoms with van der Waals surface area (Å²) in [7, 11) is -0.788. The molecule has 1 N–H and O–H groups in total. The number of ether oxygens (including phenoxy) is 3.